The smallest absolute Gasteiger partial charge is 0.191 e. The molecule has 0 saturated heterocycles. The van der Waals surface area contributed by atoms with E-state index in [-0.39, 0.29) is 0 Å². The molecule has 1 aromatic carbocycles. The molecular formula is C15H15Cl2N5S. The van der Waals surface area contributed by atoms with Gasteiger partial charge >= 0.3 is 0 Å². The van der Waals surface area contributed by atoms with E-state index < -0.39 is 0 Å². The molecule has 2 heterocycles. The van der Waals surface area contributed by atoms with Gasteiger partial charge in [-0.15, -0.1) is 10.2 Å². The molecule has 0 spiro atoms. The fraction of sp³-hybridized carbons (Fsp3) is 0.267. The van der Waals surface area contributed by atoms with E-state index in [1.807, 2.05) is 41.5 Å². The molecule has 0 aliphatic heterocycles. The topological polar surface area (TPSA) is 48.5 Å². The Morgan fingerprint density at radius 2 is 2.00 bits per heavy atom. The second-order valence-corrected chi connectivity index (χ2v) is 6.74. The van der Waals surface area contributed by atoms with Crippen molar-refractivity contribution in [2.45, 2.75) is 24.4 Å². The van der Waals surface area contributed by atoms with Crippen LogP contribution in [-0.2, 0) is 19.3 Å². The minimum Gasteiger partial charge on any atom is -0.305 e. The Morgan fingerprint density at radius 1 is 1.17 bits per heavy atom. The van der Waals surface area contributed by atoms with Crippen molar-refractivity contribution in [3.8, 4) is 11.4 Å². The number of aromatic nitrogens is 5. The summed E-state index contributed by atoms with van der Waals surface area (Å²) in [5, 5.41) is 14.8. The normalized spacial score (nSPS) is 11.1. The summed E-state index contributed by atoms with van der Waals surface area (Å²) in [6, 6.07) is 5.64. The van der Waals surface area contributed by atoms with Crippen LogP contribution in [0, 0.1) is 0 Å². The van der Waals surface area contributed by atoms with Crippen LogP contribution in [0.15, 0.2) is 35.7 Å². The molecule has 5 nitrogen and oxygen atoms in total. The van der Waals surface area contributed by atoms with Crippen LogP contribution in [0.4, 0.5) is 0 Å². The van der Waals surface area contributed by atoms with Crippen molar-refractivity contribution >= 4 is 35.0 Å². The molecule has 0 aliphatic rings. The third kappa shape index (κ3) is 3.54. The Hall–Kier alpha value is -1.50. The van der Waals surface area contributed by atoms with Gasteiger partial charge in [0.15, 0.2) is 11.0 Å². The minimum atomic E-state index is 0.564. The van der Waals surface area contributed by atoms with Gasteiger partial charge in [0.1, 0.15) is 0 Å². The molecule has 0 atom stereocenters. The summed E-state index contributed by atoms with van der Waals surface area (Å²) in [5.74, 6) is 1.55. The van der Waals surface area contributed by atoms with E-state index in [0.717, 1.165) is 34.4 Å². The van der Waals surface area contributed by atoms with E-state index in [0.29, 0.717) is 10.0 Å². The fourth-order valence-corrected chi connectivity index (χ4v) is 3.30. The van der Waals surface area contributed by atoms with Crippen LogP contribution in [0.25, 0.3) is 11.4 Å². The zero-order valence-electron chi connectivity index (χ0n) is 12.7. The maximum Gasteiger partial charge on any atom is 0.191 e. The Balaban J connectivity index is 1.75. The molecule has 0 saturated carbocycles. The predicted octanol–water partition coefficient (Wildman–Crippen LogP) is 4.30. The molecule has 23 heavy (non-hydrogen) atoms. The van der Waals surface area contributed by atoms with Crippen LogP contribution < -0.4 is 0 Å². The molecule has 0 unspecified atom stereocenters. The van der Waals surface area contributed by atoms with Gasteiger partial charge in [-0.1, -0.05) is 41.0 Å². The van der Waals surface area contributed by atoms with Crippen molar-refractivity contribution in [2.75, 3.05) is 0 Å². The van der Waals surface area contributed by atoms with Gasteiger partial charge in [0.2, 0.25) is 0 Å². The lowest BCUT2D eigenvalue weighted by Gasteiger charge is -2.04. The zero-order valence-corrected chi connectivity index (χ0v) is 15.0. The van der Waals surface area contributed by atoms with Gasteiger partial charge in [-0.3, -0.25) is 4.68 Å². The molecule has 0 N–H and O–H groups in total. The third-order valence-corrected chi connectivity index (χ3v) is 5.23. The number of aryl methyl sites for hydroxylation is 1. The first-order valence-corrected chi connectivity index (χ1v) is 8.81. The lowest BCUT2D eigenvalue weighted by Crippen LogP contribution is -1.95. The summed E-state index contributed by atoms with van der Waals surface area (Å²) in [6.45, 7) is 2.88. The Kier molecular flexibility index (Phi) is 4.94. The van der Waals surface area contributed by atoms with Crippen LogP contribution in [-0.4, -0.2) is 24.5 Å². The average Bonchev–Trinajstić information content (AvgIpc) is 3.15. The number of rotatable bonds is 5. The van der Waals surface area contributed by atoms with Crippen molar-refractivity contribution in [2.24, 2.45) is 7.05 Å². The van der Waals surface area contributed by atoms with E-state index in [1.54, 1.807) is 24.0 Å². The fourth-order valence-electron chi connectivity index (χ4n) is 2.12. The SMILES string of the molecule is CCn1cc(-c2nnc(SCc3ccc(Cl)c(Cl)c3)n2C)cn1. The van der Waals surface area contributed by atoms with Gasteiger partial charge in [0.25, 0.3) is 0 Å². The van der Waals surface area contributed by atoms with Crippen molar-refractivity contribution in [1.82, 2.24) is 24.5 Å². The highest BCUT2D eigenvalue weighted by atomic mass is 35.5. The van der Waals surface area contributed by atoms with Crippen LogP contribution in [0.5, 0.6) is 0 Å². The van der Waals surface area contributed by atoms with E-state index in [1.165, 1.54) is 0 Å². The molecule has 0 radical (unpaired) electrons. The number of nitrogens with zero attached hydrogens (tertiary/aromatic N) is 5. The number of hydrogen-bond donors (Lipinski definition) is 0. The maximum absolute atomic E-state index is 6.04. The molecule has 0 aliphatic carbocycles. The molecule has 120 valence electrons. The highest BCUT2D eigenvalue weighted by Crippen LogP contribution is 2.28. The molecular weight excluding hydrogens is 353 g/mol. The second kappa shape index (κ2) is 6.95. The van der Waals surface area contributed by atoms with E-state index in [9.17, 15) is 0 Å². The first-order chi connectivity index (χ1) is 11.1. The summed E-state index contributed by atoms with van der Waals surface area (Å²) in [5.41, 5.74) is 2.05. The summed E-state index contributed by atoms with van der Waals surface area (Å²) < 4.78 is 3.84. The second-order valence-electron chi connectivity index (χ2n) is 4.99. The summed E-state index contributed by atoms with van der Waals surface area (Å²) >= 11 is 13.6. The third-order valence-electron chi connectivity index (χ3n) is 3.40. The minimum absolute atomic E-state index is 0.564. The molecule has 0 fully saturated rings. The van der Waals surface area contributed by atoms with Crippen molar-refractivity contribution in [1.29, 1.82) is 0 Å². The van der Waals surface area contributed by atoms with Gasteiger partial charge in [-0.05, 0) is 24.6 Å². The Bertz CT molecular complexity index is 827. The van der Waals surface area contributed by atoms with E-state index in [4.69, 9.17) is 23.2 Å². The zero-order chi connectivity index (χ0) is 16.4. The summed E-state index contributed by atoms with van der Waals surface area (Å²) in [7, 11) is 1.95. The van der Waals surface area contributed by atoms with Crippen LogP contribution in [0.2, 0.25) is 10.0 Å². The van der Waals surface area contributed by atoms with Crippen molar-refractivity contribution < 1.29 is 0 Å². The molecule has 3 rings (SSSR count). The lowest BCUT2D eigenvalue weighted by molar-refractivity contribution is 0.660. The first-order valence-electron chi connectivity index (χ1n) is 7.07. The van der Waals surface area contributed by atoms with Crippen molar-refractivity contribution in [3.05, 3.63) is 46.2 Å². The van der Waals surface area contributed by atoms with Crippen LogP contribution in [0.3, 0.4) is 0 Å². The largest absolute Gasteiger partial charge is 0.305 e. The van der Waals surface area contributed by atoms with Crippen LogP contribution in [0.1, 0.15) is 12.5 Å². The van der Waals surface area contributed by atoms with Gasteiger partial charge in [0, 0.05) is 25.5 Å². The highest BCUT2D eigenvalue weighted by molar-refractivity contribution is 7.98. The highest BCUT2D eigenvalue weighted by Gasteiger charge is 2.13. The monoisotopic (exact) mass is 367 g/mol. The number of thioether (sulfide) groups is 1. The van der Waals surface area contributed by atoms with E-state index in [2.05, 4.69) is 15.3 Å². The molecule has 3 aromatic rings. The van der Waals surface area contributed by atoms with Crippen molar-refractivity contribution in [3.63, 3.8) is 0 Å². The lowest BCUT2D eigenvalue weighted by atomic mass is 10.2. The Labute approximate surface area is 148 Å². The molecule has 0 amide bonds. The predicted molar refractivity (Wildman–Crippen MR) is 93.9 cm³/mol. The molecule has 8 heteroatoms. The molecule has 0 bridgehead atoms. The first kappa shape index (κ1) is 16.4. The summed E-state index contributed by atoms with van der Waals surface area (Å²) in [4.78, 5) is 0. The van der Waals surface area contributed by atoms with Gasteiger partial charge < -0.3 is 4.57 Å². The van der Waals surface area contributed by atoms with Gasteiger partial charge in [0.05, 0.1) is 21.8 Å². The quantitative estimate of drug-likeness (QED) is 0.630. The maximum atomic E-state index is 6.04. The Morgan fingerprint density at radius 3 is 2.70 bits per heavy atom. The van der Waals surface area contributed by atoms with E-state index >= 15 is 0 Å². The standard InChI is InChI=1S/C15H15Cl2N5S/c1-3-22-8-11(7-18-22)14-19-20-15(21(14)2)23-9-10-4-5-12(16)13(17)6-10/h4-8H,3,9H2,1-2H3. The summed E-state index contributed by atoms with van der Waals surface area (Å²) in [6.07, 6.45) is 3.78. The number of halogens is 2. The van der Waals surface area contributed by atoms with Crippen LogP contribution >= 0.6 is 35.0 Å². The van der Waals surface area contributed by atoms with Gasteiger partial charge in [-0.25, -0.2) is 0 Å². The number of hydrogen-bond acceptors (Lipinski definition) is 4. The average molecular weight is 368 g/mol. The molecule has 2 aromatic heterocycles. The van der Waals surface area contributed by atoms with Gasteiger partial charge in [-0.2, -0.15) is 5.10 Å². The number of benzene rings is 1.